The number of guanidine groups is 1. The molecule has 8 nitrogen and oxygen atoms in total. The number of aliphatic imine (C=N–C) groups is 1. The number of amides is 3. The fourth-order valence-corrected chi connectivity index (χ4v) is 1.51. The maximum atomic E-state index is 11.8. The van der Waals surface area contributed by atoms with Crippen LogP contribution in [0.5, 0.6) is 0 Å². The highest BCUT2D eigenvalue weighted by Gasteiger charge is 2.30. The lowest BCUT2D eigenvalue weighted by Gasteiger charge is -2.29. The van der Waals surface area contributed by atoms with Gasteiger partial charge in [-0.3, -0.25) is 25.0 Å². The zero-order chi connectivity index (χ0) is 13.7. The zero-order valence-corrected chi connectivity index (χ0v) is 10.4. The number of nitrogens with zero attached hydrogens (tertiary/aromatic N) is 2. The van der Waals surface area contributed by atoms with E-state index in [9.17, 15) is 14.4 Å². The number of likely N-dealkylation sites (N-methyl/N-ethyl adjacent to an activating group) is 1. The molecule has 0 spiro atoms. The molecule has 1 aliphatic heterocycles. The van der Waals surface area contributed by atoms with E-state index in [0.717, 1.165) is 0 Å². The molecule has 0 bridgehead atoms. The van der Waals surface area contributed by atoms with Crippen molar-refractivity contribution in [3.63, 3.8) is 0 Å². The Hall–Kier alpha value is -1.96. The Kier molecular flexibility index (Phi) is 4.78. The van der Waals surface area contributed by atoms with Crippen molar-refractivity contribution in [3.8, 4) is 0 Å². The smallest absolute Gasteiger partial charge is 0.251 e. The summed E-state index contributed by atoms with van der Waals surface area (Å²) in [6.45, 7) is 1.67. The number of rotatable bonds is 3. The van der Waals surface area contributed by atoms with Crippen LogP contribution in [-0.4, -0.2) is 54.8 Å². The number of hydrogen-bond acceptors (Lipinski definition) is 5. The van der Waals surface area contributed by atoms with Crippen LogP contribution in [0.1, 0.15) is 13.3 Å². The number of carbonyl (C=O) groups excluding carboxylic acids is 3. The van der Waals surface area contributed by atoms with Gasteiger partial charge in [0.15, 0.2) is 0 Å². The van der Waals surface area contributed by atoms with Crippen LogP contribution in [0, 0.1) is 0 Å². The van der Waals surface area contributed by atoms with Gasteiger partial charge in [-0.2, -0.15) is 0 Å². The lowest BCUT2D eigenvalue weighted by Crippen LogP contribution is -2.57. The Morgan fingerprint density at radius 3 is 2.78 bits per heavy atom. The highest BCUT2D eigenvalue weighted by molar-refractivity contribution is 6.07. The molecule has 0 radical (unpaired) electrons. The minimum Gasteiger partial charge on any atom is -0.332 e. The van der Waals surface area contributed by atoms with Gasteiger partial charge in [-0.25, -0.2) is 4.99 Å². The molecule has 0 aromatic rings. The van der Waals surface area contributed by atoms with Gasteiger partial charge >= 0.3 is 0 Å². The third-order valence-corrected chi connectivity index (χ3v) is 2.48. The van der Waals surface area contributed by atoms with Crippen LogP contribution in [0.2, 0.25) is 0 Å². The number of nitrogens with one attached hydrogen (secondary N) is 2. The molecule has 0 fully saturated rings. The lowest BCUT2D eigenvalue weighted by atomic mass is 10.2. The fourth-order valence-electron chi connectivity index (χ4n) is 1.51. The van der Waals surface area contributed by atoms with E-state index in [2.05, 4.69) is 15.6 Å². The quantitative estimate of drug-likeness (QED) is 0.529. The van der Waals surface area contributed by atoms with Crippen molar-refractivity contribution in [2.45, 2.75) is 19.4 Å². The molecule has 0 aromatic carbocycles. The van der Waals surface area contributed by atoms with Crippen LogP contribution in [-0.2, 0) is 14.4 Å². The second-order valence-corrected chi connectivity index (χ2v) is 3.92. The molecule has 3 amide bonds. The second kappa shape index (κ2) is 6.10. The molecule has 18 heavy (non-hydrogen) atoms. The monoisotopic (exact) mass is 255 g/mol. The van der Waals surface area contributed by atoms with Gasteiger partial charge in [0, 0.05) is 26.9 Å². The summed E-state index contributed by atoms with van der Waals surface area (Å²) in [6.07, 6.45) is 0.183. The predicted molar refractivity (Wildman–Crippen MR) is 64.5 cm³/mol. The topological polar surface area (TPSA) is 117 Å². The molecule has 1 unspecified atom stereocenters. The van der Waals surface area contributed by atoms with Gasteiger partial charge in [0.25, 0.3) is 5.91 Å². The third kappa shape index (κ3) is 3.52. The first-order valence-electron chi connectivity index (χ1n) is 5.54. The zero-order valence-electron chi connectivity index (χ0n) is 10.4. The molecule has 1 aliphatic rings. The van der Waals surface area contributed by atoms with Gasteiger partial charge in [0.05, 0.1) is 6.54 Å². The minimum absolute atomic E-state index is 0.114. The van der Waals surface area contributed by atoms with Crippen molar-refractivity contribution in [1.29, 1.82) is 0 Å². The average Bonchev–Trinajstić information content (AvgIpc) is 2.28. The maximum Gasteiger partial charge on any atom is 0.251 e. The van der Waals surface area contributed by atoms with Gasteiger partial charge < -0.3 is 10.6 Å². The molecule has 100 valence electrons. The summed E-state index contributed by atoms with van der Waals surface area (Å²) in [4.78, 5) is 39.5. The first kappa shape index (κ1) is 14.1. The number of hydrogen-bond donors (Lipinski definition) is 3. The van der Waals surface area contributed by atoms with Crippen LogP contribution in [0.3, 0.4) is 0 Å². The summed E-state index contributed by atoms with van der Waals surface area (Å²) in [5.41, 5.74) is 5.29. The molecule has 1 heterocycles. The Bertz CT molecular complexity index is 393. The highest BCUT2D eigenvalue weighted by atomic mass is 16.2. The normalized spacial score (nSPS) is 18.7. The average molecular weight is 255 g/mol. The van der Waals surface area contributed by atoms with Gasteiger partial charge in [-0.15, -0.1) is 0 Å². The molecule has 0 saturated carbocycles. The molecule has 4 N–H and O–H groups in total. The summed E-state index contributed by atoms with van der Waals surface area (Å²) < 4.78 is 0. The fraction of sp³-hybridized carbons (Fsp3) is 0.600. The van der Waals surface area contributed by atoms with E-state index >= 15 is 0 Å². The van der Waals surface area contributed by atoms with Crippen molar-refractivity contribution < 1.29 is 14.4 Å². The van der Waals surface area contributed by atoms with Crippen LogP contribution in [0.25, 0.3) is 0 Å². The van der Waals surface area contributed by atoms with Crippen molar-refractivity contribution >= 4 is 23.7 Å². The van der Waals surface area contributed by atoms with Gasteiger partial charge in [0.2, 0.25) is 17.8 Å². The van der Waals surface area contributed by atoms with E-state index in [0.29, 0.717) is 0 Å². The summed E-state index contributed by atoms with van der Waals surface area (Å²) in [7, 11) is 1.53. The Balaban J connectivity index is 2.66. The Labute approximate surface area is 105 Å². The first-order chi connectivity index (χ1) is 8.45. The van der Waals surface area contributed by atoms with Gasteiger partial charge in [-0.1, -0.05) is 0 Å². The molecular weight excluding hydrogens is 238 g/mol. The Morgan fingerprint density at radius 1 is 1.61 bits per heavy atom. The van der Waals surface area contributed by atoms with Crippen molar-refractivity contribution in [3.05, 3.63) is 0 Å². The van der Waals surface area contributed by atoms with Crippen molar-refractivity contribution in [1.82, 2.24) is 15.5 Å². The Morgan fingerprint density at radius 2 is 2.28 bits per heavy atom. The molecule has 0 saturated heterocycles. The van der Waals surface area contributed by atoms with Crippen molar-refractivity contribution in [2.75, 3.05) is 20.1 Å². The SMILES string of the molecule is CC(=O)NC1=NCC(N(C)C(=O)CCN)C(=O)N1. The van der Waals surface area contributed by atoms with Crippen LogP contribution >= 0.6 is 0 Å². The molecule has 1 rings (SSSR count). The van der Waals surface area contributed by atoms with Crippen LogP contribution < -0.4 is 16.4 Å². The van der Waals surface area contributed by atoms with E-state index in [4.69, 9.17) is 5.73 Å². The minimum atomic E-state index is -0.665. The largest absolute Gasteiger partial charge is 0.332 e. The molecular formula is C10H17N5O3. The van der Waals surface area contributed by atoms with Crippen LogP contribution in [0.4, 0.5) is 0 Å². The molecule has 8 heteroatoms. The van der Waals surface area contributed by atoms with Crippen LogP contribution in [0.15, 0.2) is 4.99 Å². The van der Waals surface area contributed by atoms with E-state index < -0.39 is 6.04 Å². The van der Waals surface area contributed by atoms with Gasteiger partial charge in [0.1, 0.15) is 6.04 Å². The van der Waals surface area contributed by atoms with E-state index in [1.807, 2.05) is 0 Å². The summed E-state index contributed by atoms with van der Waals surface area (Å²) >= 11 is 0. The van der Waals surface area contributed by atoms with E-state index in [-0.39, 0.29) is 43.2 Å². The molecule has 0 aliphatic carbocycles. The molecule has 0 aromatic heterocycles. The standard InChI is InChI=1S/C10H17N5O3/c1-6(16)13-10-12-5-7(9(18)14-10)15(2)8(17)3-4-11/h7H,3-5,11H2,1-2H3,(H2,12,13,14,16,18). The summed E-state index contributed by atoms with van der Waals surface area (Å²) in [6, 6.07) is -0.665. The summed E-state index contributed by atoms with van der Waals surface area (Å²) in [5.74, 6) is -0.791. The third-order valence-electron chi connectivity index (χ3n) is 2.48. The number of carbonyl (C=O) groups is 3. The first-order valence-corrected chi connectivity index (χ1v) is 5.54. The number of nitrogens with two attached hydrogens (primary N) is 1. The van der Waals surface area contributed by atoms with Crippen molar-refractivity contribution in [2.24, 2.45) is 10.7 Å². The summed E-state index contributed by atoms with van der Waals surface area (Å²) in [5, 5.41) is 4.81. The van der Waals surface area contributed by atoms with E-state index in [1.54, 1.807) is 0 Å². The lowest BCUT2D eigenvalue weighted by molar-refractivity contribution is -0.138. The predicted octanol–water partition coefficient (Wildman–Crippen LogP) is -2.22. The second-order valence-electron chi connectivity index (χ2n) is 3.92. The maximum absolute atomic E-state index is 11.8. The molecule has 1 atom stereocenters. The highest BCUT2D eigenvalue weighted by Crippen LogP contribution is 2.04. The van der Waals surface area contributed by atoms with E-state index in [1.165, 1.54) is 18.9 Å². The van der Waals surface area contributed by atoms with Gasteiger partial charge in [-0.05, 0) is 0 Å².